The summed E-state index contributed by atoms with van der Waals surface area (Å²) in [5.41, 5.74) is -1.43. The maximum atomic E-state index is 13.3. The minimum atomic E-state index is -2.44. The maximum absolute atomic E-state index is 13.3. The molecule has 30 heteroatoms. The van der Waals surface area contributed by atoms with E-state index in [1.165, 1.54) is 25.7 Å². The third-order valence-electron chi connectivity index (χ3n) is 14.4. The molecule has 18 N–H and O–H groups in total. The summed E-state index contributed by atoms with van der Waals surface area (Å²) in [6.07, 6.45) is -11.2. The van der Waals surface area contributed by atoms with Gasteiger partial charge in [0.15, 0.2) is 25.2 Å². The molecule has 0 aromatic heterocycles. The van der Waals surface area contributed by atoms with Gasteiger partial charge in [-0.1, -0.05) is 70.4 Å². The molecule has 0 spiro atoms. The van der Waals surface area contributed by atoms with Gasteiger partial charge in [-0.2, -0.15) is 0 Å². The van der Waals surface area contributed by atoms with Gasteiger partial charge in [0.05, 0.1) is 31.6 Å². The first-order valence-corrected chi connectivity index (χ1v) is 29.5. The van der Waals surface area contributed by atoms with E-state index in [1.54, 1.807) is 0 Å². The third-order valence-corrected chi connectivity index (χ3v) is 14.4. The summed E-state index contributed by atoms with van der Waals surface area (Å²) < 4.78 is 40.6. The SMILES string of the molecule is CCCCCC/C=C\CCCCCCCCCC(=O)NC1C(OC2C(CO)OC(OC(CCO)/C(O)=C(/NC(C)=O)C(O)OC(/C=C(/NC(C)=O)C(O)OC3C(CO)OC(O)C(NC(C)=O)C3O)CCO)C(NC(C)=O)C2O)OC(CO)C(O)C1O. The second kappa shape index (κ2) is 40.3. The molecule has 5 amide bonds. The number of rotatable bonds is 39. The standard InChI is InChI=1S/C56H97N5O25/c1-6-7-8-9-10-11-12-13-14-15-16-17-18-19-20-21-40(71)61-43-47(74)46(73)37(27-64)83-56(43)86-51-39(29-66)84-55(44(49(51)76)60-33(5)70)82-36(23-25-63)45(72)41(58-31(3)68)53(78)80-34(22-24-62)26-35(57-30(2)67)52(77)85-50-38(28-65)81-54(79)42(48(50)75)59-32(4)69/h11-12,26,34,36-39,42-44,46-56,62-66,72-79H,6-10,13-25,27-29H2,1-5H3,(H,57,67)(H,58,68)(H,59,69)(H,60,70)(H,61,71)/b12-11-,35-26+,45-41-. The van der Waals surface area contributed by atoms with E-state index < -0.39 is 209 Å². The van der Waals surface area contributed by atoms with Crippen LogP contribution in [0.5, 0.6) is 0 Å². The van der Waals surface area contributed by atoms with E-state index in [2.05, 4.69) is 45.7 Å². The first-order valence-electron chi connectivity index (χ1n) is 29.5. The predicted octanol–water partition coefficient (Wildman–Crippen LogP) is -3.03. The second-order valence-electron chi connectivity index (χ2n) is 21.6. The Hall–Kier alpha value is -4.39. The lowest BCUT2D eigenvalue weighted by atomic mass is 9.94. The molecule has 0 aromatic carbocycles. The van der Waals surface area contributed by atoms with Crippen molar-refractivity contribution >= 4 is 29.5 Å². The van der Waals surface area contributed by atoms with Crippen molar-refractivity contribution in [3.8, 4) is 0 Å². The van der Waals surface area contributed by atoms with Crippen molar-refractivity contribution in [2.24, 2.45) is 0 Å². The number of nitrogens with one attached hydrogen (secondary N) is 5. The zero-order valence-electron chi connectivity index (χ0n) is 49.8. The van der Waals surface area contributed by atoms with Crippen LogP contribution in [0.15, 0.2) is 35.4 Å². The van der Waals surface area contributed by atoms with E-state index in [1.807, 2.05) is 0 Å². The molecule has 0 radical (unpaired) electrons. The maximum Gasteiger partial charge on any atom is 0.221 e. The fourth-order valence-electron chi connectivity index (χ4n) is 10.0. The average Bonchev–Trinajstić information content (AvgIpc) is 2.31. The van der Waals surface area contributed by atoms with Crippen LogP contribution in [-0.2, 0) is 57.1 Å². The number of carbonyl (C=O) groups excluding carboxylic acids is 5. The van der Waals surface area contributed by atoms with Crippen molar-refractivity contribution in [2.45, 2.75) is 254 Å². The van der Waals surface area contributed by atoms with E-state index in [0.29, 0.717) is 6.42 Å². The van der Waals surface area contributed by atoms with E-state index >= 15 is 0 Å². The Morgan fingerprint density at radius 1 is 0.547 bits per heavy atom. The van der Waals surface area contributed by atoms with Crippen LogP contribution in [-0.4, -0.2) is 246 Å². The highest BCUT2D eigenvalue weighted by molar-refractivity contribution is 5.77. The Balaban J connectivity index is 1.85. The fraction of sp³-hybridized carbons (Fsp3) is 0.804. The number of carbonyl (C=O) groups is 5. The molecular weight excluding hydrogens is 1140 g/mol. The Bertz CT molecular complexity index is 2130. The molecule has 0 saturated carbocycles. The molecule has 19 unspecified atom stereocenters. The van der Waals surface area contributed by atoms with Crippen molar-refractivity contribution in [1.29, 1.82) is 0 Å². The third kappa shape index (κ3) is 24.9. The first kappa shape index (κ1) is 75.9. The number of amides is 5. The number of ether oxygens (including phenoxy) is 7. The molecule has 86 heavy (non-hydrogen) atoms. The average molecular weight is 1240 g/mol. The van der Waals surface area contributed by atoms with Crippen LogP contribution in [0.2, 0.25) is 0 Å². The fourth-order valence-corrected chi connectivity index (χ4v) is 10.0. The van der Waals surface area contributed by atoms with Crippen LogP contribution in [0.3, 0.4) is 0 Å². The number of hydrogen-bond donors (Lipinski definition) is 18. The molecule has 3 fully saturated rings. The molecule has 30 nitrogen and oxygen atoms in total. The zero-order chi connectivity index (χ0) is 64.0. The van der Waals surface area contributed by atoms with Crippen molar-refractivity contribution in [3.63, 3.8) is 0 Å². The Kier molecular flexibility index (Phi) is 35.5. The summed E-state index contributed by atoms with van der Waals surface area (Å²) in [6.45, 7) is 2.08. The highest BCUT2D eigenvalue weighted by Crippen LogP contribution is 2.32. The van der Waals surface area contributed by atoms with Crippen LogP contribution in [0.4, 0.5) is 0 Å². The normalized spacial score (nSPS) is 29.7. The van der Waals surface area contributed by atoms with Crippen LogP contribution >= 0.6 is 0 Å². The van der Waals surface area contributed by atoms with Crippen LogP contribution in [0, 0.1) is 0 Å². The van der Waals surface area contributed by atoms with Crippen molar-refractivity contribution in [2.75, 3.05) is 33.0 Å². The van der Waals surface area contributed by atoms with Gasteiger partial charge in [-0.05, 0) is 38.2 Å². The van der Waals surface area contributed by atoms with E-state index in [9.17, 15) is 90.4 Å². The minimum absolute atomic E-state index is 0.0209. The molecular formula is C56H97N5O25. The van der Waals surface area contributed by atoms with Gasteiger partial charge >= 0.3 is 0 Å². The topological polar surface area (TPSA) is 473 Å². The molecule has 0 bridgehead atoms. The number of unbranched alkanes of at least 4 members (excludes halogenated alkanes) is 11. The number of aliphatic hydroxyl groups excluding tert-OH is 13. The van der Waals surface area contributed by atoms with Crippen LogP contribution in [0.1, 0.15) is 137 Å². The molecule has 3 aliphatic heterocycles. The van der Waals surface area contributed by atoms with Gasteiger partial charge in [-0.15, -0.1) is 0 Å². The zero-order valence-corrected chi connectivity index (χ0v) is 49.8. The van der Waals surface area contributed by atoms with Gasteiger partial charge in [0, 0.05) is 60.2 Å². The van der Waals surface area contributed by atoms with Crippen molar-refractivity contribution in [3.05, 3.63) is 35.4 Å². The quantitative estimate of drug-likeness (QED) is 0.0126. The smallest absolute Gasteiger partial charge is 0.221 e. The molecule has 3 saturated heterocycles. The predicted molar refractivity (Wildman–Crippen MR) is 300 cm³/mol. The molecule has 19 atom stereocenters. The molecule has 3 rings (SSSR count). The summed E-state index contributed by atoms with van der Waals surface area (Å²) in [7, 11) is 0. The van der Waals surface area contributed by atoms with Crippen molar-refractivity contribution in [1.82, 2.24) is 26.6 Å². The van der Waals surface area contributed by atoms with E-state index in [4.69, 9.17) is 33.2 Å². The van der Waals surface area contributed by atoms with Gasteiger partial charge in [0.2, 0.25) is 35.8 Å². The van der Waals surface area contributed by atoms with Gasteiger partial charge in [-0.25, -0.2) is 0 Å². The Morgan fingerprint density at radius 3 is 1.63 bits per heavy atom. The second-order valence-corrected chi connectivity index (χ2v) is 21.6. The summed E-state index contributed by atoms with van der Waals surface area (Å²) in [4.78, 5) is 62.9. The van der Waals surface area contributed by atoms with Gasteiger partial charge < -0.3 is 126 Å². The first-order chi connectivity index (χ1) is 41.0. The van der Waals surface area contributed by atoms with Gasteiger partial charge in [-0.3, -0.25) is 24.0 Å². The summed E-state index contributed by atoms with van der Waals surface area (Å²) in [5, 5.41) is 153. The summed E-state index contributed by atoms with van der Waals surface area (Å²) >= 11 is 0. The van der Waals surface area contributed by atoms with Crippen LogP contribution in [0.25, 0.3) is 0 Å². The highest BCUT2D eigenvalue weighted by Gasteiger charge is 2.53. The highest BCUT2D eigenvalue weighted by atomic mass is 16.7. The van der Waals surface area contributed by atoms with E-state index in [-0.39, 0.29) is 6.42 Å². The number of hydrogen-bond acceptors (Lipinski definition) is 25. The number of allylic oxidation sites excluding steroid dienone is 2. The Labute approximate surface area is 500 Å². The minimum Gasteiger partial charge on any atom is -0.507 e. The van der Waals surface area contributed by atoms with E-state index in [0.717, 1.165) is 85.1 Å². The summed E-state index contributed by atoms with van der Waals surface area (Å²) in [6, 6.07) is -4.77. The monoisotopic (exact) mass is 1240 g/mol. The lowest BCUT2D eigenvalue weighted by molar-refractivity contribution is -0.335. The molecule has 3 aliphatic rings. The van der Waals surface area contributed by atoms with Gasteiger partial charge in [0.25, 0.3) is 0 Å². The molecule has 0 aromatic rings. The summed E-state index contributed by atoms with van der Waals surface area (Å²) in [5.74, 6) is -4.89. The molecule has 3 heterocycles. The lowest BCUT2D eigenvalue weighted by Crippen LogP contribution is -2.69. The lowest BCUT2D eigenvalue weighted by Gasteiger charge is -2.48. The van der Waals surface area contributed by atoms with Gasteiger partial charge in [0.1, 0.15) is 90.6 Å². The molecule has 496 valence electrons. The number of aliphatic hydroxyl groups is 13. The Morgan fingerprint density at radius 2 is 1.07 bits per heavy atom. The van der Waals surface area contributed by atoms with Crippen LogP contribution < -0.4 is 26.6 Å². The van der Waals surface area contributed by atoms with Crippen molar-refractivity contribution < 1.29 is 124 Å². The molecule has 0 aliphatic carbocycles. The largest absolute Gasteiger partial charge is 0.507 e.